The maximum atomic E-state index is 12.8. The molecule has 11 heteroatoms. The number of anilines is 2. The van der Waals surface area contributed by atoms with Crippen LogP contribution in [0.5, 0.6) is 0 Å². The fraction of sp³-hybridized carbons (Fsp3) is 0.385. The molecule has 0 unspecified atom stereocenters. The minimum absolute atomic E-state index is 0.0361. The van der Waals surface area contributed by atoms with Gasteiger partial charge in [-0.3, -0.25) is 4.79 Å². The average molecular weight is 534 g/mol. The fourth-order valence-electron chi connectivity index (χ4n) is 4.76. The minimum atomic E-state index is -4.87. The number of aromatic nitrogens is 1. The summed E-state index contributed by atoms with van der Waals surface area (Å²) in [6.07, 6.45) is -5.55. The highest BCUT2D eigenvalue weighted by Gasteiger charge is 2.43. The van der Waals surface area contributed by atoms with E-state index in [1.54, 1.807) is 30.3 Å². The van der Waals surface area contributed by atoms with Crippen molar-refractivity contribution < 1.29 is 31.1 Å². The molecule has 3 aromatic rings. The number of ketones is 1. The number of Topliss-reactive ketones (excluding diaryl/α,β-unsaturated/α-hetero) is 1. The van der Waals surface area contributed by atoms with Crippen LogP contribution in [-0.4, -0.2) is 56.4 Å². The van der Waals surface area contributed by atoms with E-state index < -0.39 is 33.8 Å². The van der Waals surface area contributed by atoms with Crippen molar-refractivity contribution in [2.24, 2.45) is 0 Å². The Labute approximate surface area is 212 Å². The predicted octanol–water partition coefficient (Wildman–Crippen LogP) is 4.43. The number of carbonyl (C=O) groups excluding carboxylic acids is 1. The van der Waals surface area contributed by atoms with E-state index in [0.29, 0.717) is 34.0 Å². The summed E-state index contributed by atoms with van der Waals surface area (Å²) in [5, 5.41) is 4.15. The molecule has 1 aromatic heterocycles. The van der Waals surface area contributed by atoms with Crippen LogP contribution >= 0.6 is 0 Å². The summed E-state index contributed by atoms with van der Waals surface area (Å²) in [4.78, 5) is 18.6. The van der Waals surface area contributed by atoms with Crippen LogP contribution in [0, 0.1) is 6.92 Å². The standard InChI is InChI=1S/C26H26F3N3O4S/c1-17-6-7-20-19(12-17)21(31-25(15-36-16-25)9-8-23(33)26(27,28)29)13-24(30-20)32-10-11-37(34,35)22-5-3-2-4-18(22)14-32/h2-7,12-13H,8-11,14-16H2,1H3,(H,30,31). The predicted molar refractivity (Wildman–Crippen MR) is 133 cm³/mol. The van der Waals surface area contributed by atoms with Gasteiger partial charge in [-0.15, -0.1) is 0 Å². The van der Waals surface area contributed by atoms with Crippen molar-refractivity contribution in [2.45, 2.75) is 42.9 Å². The molecule has 7 nitrogen and oxygen atoms in total. The second-order valence-electron chi connectivity index (χ2n) is 9.72. The molecule has 5 rings (SSSR count). The van der Waals surface area contributed by atoms with E-state index in [1.807, 2.05) is 30.0 Å². The van der Waals surface area contributed by atoms with Crippen LogP contribution in [0.1, 0.15) is 24.0 Å². The Morgan fingerprint density at radius 1 is 1.16 bits per heavy atom. The first-order valence-corrected chi connectivity index (χ1v) is 13.5. The van der Waals surface area contributed by atoms with Gasteiger partial charge in [0.2, 0.25) is 5.78 Å². The summed E-state index contributed by atoms with van der Waals surface area (Å²) < 4.78 is 69.5. The van der Waals surface area contributed by atoms with Crippen LogP contribution in [0.2, 0.25) is 0 Å². The quantitative estimate of drug-likeness (QED) is 0.502. The lowest BCUT2D eigenvalue weighted by Gasteiger charge is -2.43. The monoisotopic (exact) mass is 533 g/mol. The van der Waals surface area contributed by atoms with Gasteiger partial charge in [0.1, 0.15) is 5.82 Å². The Bertz CT molecular complexity index is 1470. The molecule has 0 amide bonds. The lowest BCUT2D eigenvalue weighted by Crippen LogP contribution is -2.56. The summed E-state index contributed by atoms with van der Waals surface area (Å²) in [7, 11) is -3.45. The van der Waals surface area contributed by atoms with Crippen molar-refractivity contribution in [3.8, 4) is 0 Å². The van der Waals surface area contributed by atoms with E-state index in [0.717, 1.165) is 10.9 Å². The number of alkyl halides is 3. The molecule has 196 valence electrons. The van der Waals surface area contributed by atoms with Crippen LogP contribution in [0.25, 0.3) is 10.9 Å². The minimum Gasteiger partial charge on any atom is -0.376 e. The number of fused-ring (bicyclic) bond motifs is 2. The lowest BCUT2D eigenvalue weighted by atomic mass is 9.89. The van der Waals surface area contributed by atoms with Crippen LogP contribution in [0.3, 0.4) is 0 Å². The largest absolute Gasteiger partial charge is 0.449 e. The van der Waals surface area contributed by atoms with Crippen molar-refractivity contribution in [3.05, 3.63) is 59.7 Å². The van der Waals surface area contributed by atoms with Crippen LogP contribution < -0.4 is 10.2 Å². The number of benzene rings is 2. The van der Waals surface area contributed by atoms with E-state index in [2.05, 4.69) is 5.32 Å². The van der Waals surface area contributed by atoms with Gasteiger partial charge in [-0.2, -0.15) is 13.2 Å². The number of aryl methyl sites for hydroxylation is 1. The first-order chi connectivity index (χ1) is 17.5. The van der Waals surface area contributed by atoms with E-state index >= 15 is 0 Å². The van der Waals surface area contributed by atoms with Gasteiger partial charge in [0.05, 0.1) is 34.9 Å². The summed E-state index contributed by atoms with van der Waals surface area (Å²) in [5.74, 6) is -1.29. The van der Waals surface area contributed by atoms with Crippen molar-refractivity contribution in [2.75, 3.05) is 35.7 Å². The van der Waals surface area contributed by atoms with E-state index in [-0.39, 0.29) is 31.9 Å². The first-order valence-electron chi connectivity index (χ1n) is 11.9. The summed E-state index contributed by atoms with van der Waals surface area (Å²) in [5.41, 5.74) is 2.13. The number of nitrogens with zero attached hydrogens (tertiary/aromatic N) is 2. The number of hydrogen-bond acceptors (Lipinski definition) is 7. The number of nitrogens with one attached hydrogen (secondary N) is 1. The number of carbonyl (C=O) groups is 1. The molecule has 2 aromatic carbocycles. The maximum absolute atomic E-state index is 12.8. The zero-order valence-electron chi connectivity index (χ0n) is 20.1. The van der Waals surface area contributed by atoms with E-state index in [1.165, 1.54) is 0 Å². The highest BCUT2D eigenvalue weighted by molar-refractivity contribution is 7.91. The molecule has 0 atom stereocenters. The molecule has 1 saturated heterocycles. The number of sulfone groups is 1. The number of pyridine rings is 1. The maximum Gasteiger partial charge on any atom is 0.449 e. The topological polar surface area (TPSA) is 88.6 Å². The second kappa shape index (κ2) is 9.29. The molecule has 0 spiro atoms. The van der Waals surface area contributed by atoms with Crippen LogP contribution in [-0.2, 0) is 25.9 Å². The highest BCUT2D eigenvalue weighted by Crippen LogP contribution is 2.36. The summed E-state index contributed by atoms with van der Waals surface area (Å²) in [6, 6.07) is 14.4. The van der Waals surface area contributed by atoms with Gasteiger partial charge in [0.25, 0.3) is 0 Å². The molecule has 2 aliphatic rings. The van der Waals surface area contributed by atoms with Gasteiger partial charge in [0, 0.05) is 36.7 Å². The number of halogens is 3. The first kappa shape index (κ1) is 25.5. The Hall–Kier alpha value is -3.18. The normalized spacial score (nSPS) is 18.5. The van der Waals surface area contributed by atoms with Gasteiger partial charge < -0.3 is 15.0 Å². The molecular formula is C26H26F3N3O4S. The zero-order valence-corrected chi connectivity index (χ0v) is 21.0. The second-order valence-corrected chi connectivity index (χ2v) is 11.8. The molecule has 37 heavy (non-hydrogen) atoms. The van der Waals surface area contributed by atoms with Gasteiger partial charge in [-0.25, -0.2) is 13.4 Å². The van der Waals surface area contributed by atoms with Crippen LogP contribution in [0.4, 0.5) is 24.7 Å². The fourth-order valence-corrected chi connectivity index (χ4v) is 6.26. The number of ether oxygens (including phenoxy) is 1. The molecular weight excluding hydrogens is 507 g/mol. The third kappa shape index (κ3) is 5.15. The molecule has 1 fully saturated rings. The lowest BCUT2D eigenvalue weighted by molar-refractivity contribution is -0.172. The molecule has 2 aliphatic heterocycles. The highest BCUT2D eigenvalue weighted by atomic mass is 32.2. The van der Waals surface area contributed by atoms with Crippen LogP contribution in [0.15, 0.2) is 53.4 Å². The Balaban J connectivity index is 1.51. The molecule has 0 radical (unpaired) electrons. The molecule has 3 heterocycles. The van der Waals surface area contributed by atoms with Gasteiger partial charge >= 0.3 is 6.18 Å². The van der Waals surface area contributed by atoms with Crippen molar-refractivity contribution in [1.29, 1.82) is 0 Å². The van der Waals surface area contributed by atoms with E-state index in [9.17, 15) is 26.4 Å². The third-order valence-corrected chi connectivity index (χ3v) is 8.67. The number of rotatable bonds is 6. The SMILES string of the molecule is Cc1ccc2nc(N3CCS(=O)(=O)c4ccccc4C3)cc(NC3(CCC(=O)C(F)(F)F)COC3)c2c1. The molecule has 1 N–H and O–H groups in total. The van der Waals surface area contributed by atoms with Crippen molar-refractivity contribution in [3.63, 3.8) is 0 Å². The van der Waals surface area contributed by atoms with Gasteiger partial charge in [-0.05, 0) is 37.1 Å². The molecule has 0 aliphatic carbocycles. The Morgan fingerprint density at radius 2 is 1.92 bits per heavy atom. The van der Waals surface area contributed by atoms with Crippen molar-refractivity contribution >= 4 is 38.0 Å². The third-order valence-electron chi connectivity index (χ3n) is 6.88. The smallest absolute Gasteiger partial charge is 0.376 e. The molecule has 0 saturated carbocycles. The number of hydrogen-bond donors (Lipinski definition) is 1. The molecule has 0 bridgehead atoms. The zero-order chi connectivity index (χ0) is 26.4. The summed E-state index contributed by atoms with van der Waals surface area (Å²) in [6.45, 7) is 2.83. The van der Waals surface area contributed by atoms with Crippen molar-refractivity contribution in [1.82, 2.24) is 4.98 Å². The van der Waals surface area contributed by atoms with Gasteiger partial charge in [-0.1, -0.05) is 29.8 Å². The Morgan fingerprint density at radius 3 is 2.62 bits per heavy atom. The van der Waals surface area contributed by atoms with E-state index in [4.69, 9.17) is 9.72 Å². The Kier molecular flexibility index (Phi) is 6.39. The summed E-state index contributed by atoms with van der Waals surface area (Å²) >= 11 is 0. The van der Waals surface area contributed by atoms with Gasteiger partial charge in [0.15, 0.2) is 9.84 Å². The average Bonchev–Trinajstić information content (AvgIpc) is 2.96.